The average Bonchev–Trinajstić information content (AvgIpc) is 2.42. The lowest BCUT2D eigenvalue weighted by Gasteiger charge is -2.16. The Bertz CT molecular complexity index is 513. The van der Waals surface area contributed by atoms with Crippen molar-refractivity contribution in [3.63, 3.8) is 0 Å². The van der Waals surface area contributed by atoms with Crippen molar-refractivity contribution in [3.05, 3.63) is 47.8 Å². The van der Waals surface area contributed by atoms with Crippen LogP contribution in [0.5, 0.6) is 5.75 Å². The first-order valence-corrected chi connectivity index (χ1v) is 5.71. The molecule has 0 amide bonds. The van der Waals surface area contributed by atoms with Crippen LogP contribution in [0.15, 0.2) is 30.7 Å². The molecular formula is C13H16N4O. The summed E-state index contributed by atoms with van der Waals surface area (Å²) in [4.78, 5) is 13.0. The fourth-order valence-electron chi connectivity index (χ4n) is 1.73. The molecule has 0 radical (unpaired) electrons. The molecule has 5 heteroatoms. The molecule has 94 valence electrons. The highest BCUT2D eigenvalue weighted by atomic mass is 16.5. The monoisotopic (exact) mass is 244 g/mol. The third-order valence-corrected chi connectivity index (χ3v) is 2.64. The van der Waals surface area contributed by atoms with Crippen molar-refractivity contribution in [2.75, 3.05) is 14.2 Å². The van der Waals surface area contributed by atoms with E-state index < -0.39 is 0 Å². The molecule has 0 spiro atoms. The van der Waals surface area contributed by atoms with Gasteiger partial charge in [-0.3, -0.25) is 4.98 Å². The number of ether oxygens (including phenoxy) is 1. The van der Waals surface area contributed by atoms with Gasteiger partial charge in [0, 0.05) is 18.6 Å². The Morgan fingerprint density at radius 2 is 1.94 bits per heavy atom. The van der Waals surface area contributed by atoms with Crippen LogP contribution in [0.25, 0.3) is 0 Å². The number of methoxy groups -OCH3 is 1. The molecule has 0 aliphatic rings. The van der Waals surface area contributed by atoms with Gasteiger partial charge in [-0.15, -0.1) is 0 Å². The zero-order valence-electron chi connectivity index (χ0n) is 10.7. The summed E-state index contributed by atoms with van der Waals surface area (Å²) in [6.45, 7) is 1.96. The molecule has 0 bridgehead atoms. The molecule has 2 heterocycles. The number of aromatic nitrogens is 3. The second kappa shape index (κ2) is 5.55. The molecule has 0 fully saturated rings. The zero-order chi connectivity index (χ0) is 13.0. The maximum atomic E-state index is 5.32. The first kappa shape index (κ1) is 12.4. The van der Waals surface area contributed by atoms with Gasteiger partial charge >= 0.3 is 0 Å². The smallest absolute Gasteiger partial charge is 0.151 e. The topological polar surface area (TPSA) is 59.9 Å². The number of nitrogens with one attached hydrogen (secondary N) is 1. The fraction of sp³-hybridized carbons (Fsp3) is 0.308. The van der Waals surface area contributed by atoms with Gasteiger partial charge in [-0.25, -0.2) is 9.97 Å². The highest BCUT2D eigenvalue weighted by molar-refractivity contribution is 5.32. The van der Waals surface area contributed by atoms with Gasteiger partial charge < -0.3 is 10.1 Å². The van der Waals surface area contributed by atoms with Gasteiger partial charge in [-0.1, -0.05) is 0 Å². The van der Waals surface area contributed by atoms with E-state index in [-0.39, 0.29) is 6.04 Å². The molecule has 2 aromatic rings. The summed E-state index contributed by atoms with van der Waals surface area (Å²) >= 11 is 0. The second-order valence-corrected chi connectivity index (χ2v) is 3.93. The van der Waals surface area contributed by atoms with Gasteiger partial charge in [0.15, 0.2) is 5.82 Å². The summed E-state index contributed by atoms with van der Waals surface area (Å²) in [5.74, 6) is 1.40. The summed E-state index contributed by atoms with van der Waals surface area (Å²) in [7, 11) is 3.48. The van der Waals surface area contributed by atoms with E-state index in [1.165, 1.54) is 0 Å². The predicted octanol–water partition coefficient (Wildman–Crippen LogP) is 1.50. The van der Waals surface area contributed by atoms with E-state index >= 15 is 0 Å². The zero-order valence-corrected chi connectivity index (χ0v) is 10.7. The van der Waals surface area contributed by atoms with Crippen LogP contribution in [0.4, 0.5) is 0 Å². The Hall–Kier alpha value is -2.01. The third kappa shape index (κ3) is 2.46. The minimum Gasteiger partial charge on any atom is -0.495 e. The summed E-state index contributed by atoms with van der Waals surface area (Å²) in [5.41, 5.74) is 1.81. The van der Waals surface area contributed by atoms with E-state index in [0.717, 1.165) is 17.0 Å². The molecule has 0 aromatic carbocycles. The second-order valence-electron chi connectivity index (χ2n) is 3.93. The van der Waals surface area contributed by atoms with Crippen molar-refractivity contribution in [3.8, 4) is 5.75 Å². The van der Waals surface area contributed by atoms with Crippen LogP contribution in [0.3, 0.4) is 0 Å². The van der Waals surface area contributed by atoms with E-state index in [1.54, 1.807) is 25.7 Å². The van der Waals surface area contributed by atoms with Crippen molar-refractivity contribution in [1.82, 2.24) is 20.3 Å². The minimum absolute atomic E-state index is 0.179. The number of pyridine rings is 1. The molecule has 1 N–H and O–H groups in total. The van der Waals surface area contributed by atoms with Crippen molar-refractivity contribution >= 4 is 0 Å². The van der Waals surface area contributed by atoms with Crippen molar-refractivity contribution in [2.45, 2.75) is 13.0 Å². The lowest BCUT2D eigenvalue weighted by Crippen LogP contribution is -2.22. The van der Waals surface area contributed by atoms with Crippen molar-refractivity contribution < 1.29 is 4.74 Å². The average molecular weight is 244 g/mol. The van der Waals surface area contributed by atoms with Gasteiger partial charge in [-0.2, -0.15) is 0 Å². The van der Waals surface area contributed by atoms with Crippen LogP contribution in [0, 0.1) is 6.92 Å². The van der Waals surface area contributed by atoms with Gasteiger partial charge in [-0.05, 0) is 31.7 Å². The van der Waals surface area contributed by atoms with E-state index in [9.17, 15) is 0 Å². The lowest BCUT2D eigenvalue weighted by molar-refractivity contribution is 0.400. The van der Waals surface area contributed by atoms with Gasteiger partial charge in [0.05, 0.1) is 7.11 Å². The van der Waals surface area contributed by atoms with Gasteiger partial charge in [0.1, 0.15) is 17.5 Å². The van der Waals surface area contributed by atoms with Crippen LogP contribution in [-0.4, -0.2) is 29.1 Å². The standard InChI is InChI=1S/C13H16N4O/c1-9-7-16-13(17-8-9)12(14-2)11-10(18-3)5-4-6-15-11/h4-8,12,14H,1-3H3. The molecule has 0 saturated carbocycles. The highest BCUT2D eigenvalue weighted by Gasteiger charge is 2.20. The first-order chi connectivity index (χ1) is 8.76. The van der Waals surface area contributed by atoms with Crippen LogP contribution in [0.2, 0.25) is 0 Å². The van der Waals surface area contributed by atoms with Crippen LogP contribution >= 0.6 is 0 Å². The number of aryl methyl sites for hydroxylation is 1. The van der Waals surface area contributed by atoms with E-state index in [0.29, 0.717) is 5.82 Å². The van der Waals surface area contributed by atoms with Crippen LogP contribution < -0.4 is 10.1 Å². The molecule has 2 aromatic heterocycles. The van der Waals surface area contributed by atoms with E-state index in [4.69, 9.17) is 4.74 Å². The Morgan fingerprint density at radius 1 is 1.22 bits per heavy atom. The Morgan fingerprint density at radius 3 is 2.56 bits per heavy atom. The van der Waals surface area contributed by atoms with Gasteiger partial charge in [0.2, 0.25) is 0 Å². The summed E-state index contributed by atoms with van der Waals surface area (Å²) in [6.07, 6.45) is 5.32. The third-order valence-electron chi connectivity index (χ3n) is 2.64. The SMILES string of the molecule is CNC(c1ncc(C)cn1)c1ncccc1OC. The predicted molar refractivity (Wildman–Crippen MR) is 68.5 cm³/mol. The molecule has 18 heavy (non-hydrogen) atoms. The fourth-order valence-corrected chi connectivity index (χ4v) is 1.73. The number of nitrogens with zero attached hydrogens (tertiary/aromatic N) is 3. The quantitative estimate of drug-likeness (QED) is 0.883. The van der Waals surface area contributed by atoms with E-state index in [1.807, 2.05) is 26.1 Å². The van der Waals surface area contributed by atoms with Crippen molar-refractivity contribution in [1.29, 1.82) is 0 Å². The normalized spacial score (nSPS) is 12.2. The van der Waals surface area contributed by atoms with Crippen LogP contribution in [0.1, 0.15) is 23.1 Å². The summed E-state index contributed by atoms with van der Waals surface area (Å²) < 4.78 is 5.32. The molecule has 5 nitrogen and oxygen atoms in total. The molecule has 2 rings (SSSR count). The Balaban J connectivity index is 2.41. The molecule has 1 atom stereocenters. The van der Waals surface area contributed by atoms with Crippen LogP contribution in [-0.2, 0) is 0 Å². The van der Waals surface area contributed by atoms with Gasteiger partial charge in [0.25, 0.3) is 0 Å². The maximum Gasteiger partial charge on any atom is 0.151 e. The number of hydrogen-bond acceptors (Lipinski definition) is 5. The Labute approximate surface area is 106 Å². The summed E-state index contributed by atoms with van der Waals surface area (Å²) in [5, 5.41) is 3.16. The minimum atomic E-state index is -0.179. The van der Waals surface area contributed by atoms with Crippen molar-refractivity contribution in [2.24, 2.45) is 0 Å². The molecule has 1 unspecified atom stereocenters. The molecular weight excluding hydrogens is 228 g/mol. The molecule has 0 aliphatic heterocycles. The highest BCUT2D eigenvalue weighted by Crippen LogP contribution is 2.25. The largest absolute Gasteiger partial charge is 0.495 e. The number of hydrogen-bond donors (Lipinski definition) is 1. The van der Waals surface area contributed by atoms with E-state index in [2.05, 4.69) is 20.3 Å². The number of rotatable bonds is 4. The summed E-state index contributed by atoms with van der Waals surface area (Å²) in [6, 6.07) is 3.54. The molecule has 0 aliphatic carbocycles. The molecule has 0 saturated heterocycles. The Kier molecular flexibility index (Phi) is 3.84. The maximum absolute atomic E-state index is 5.32. The lowest BCUT2D eigenvalue weighted by atomic mass is 10.1. The first-order valence-electron chi connectivity index (χ1n) is 5.71.